The molecule has 0 unspecified atom stereocenters. The van der Waals surface area contributed by atoms with Crippen LogP contribution >= 0.6 is 0 Å². The van der Waals surface area contributed by atoms with Crippen molar-refractivity contribution in [3.8, 4) is 0 Å². The summed E-state index contributed by atoms with van der Waals surface area (Å²) in [5.74, 6) is -11.6. The summed E-state index contributed by atoms with van der Waals surface area (Å²) < 4.78 is 0. The molecular formula is C77H119N17O15. The van der Waals surface area contributed by atoms with Gasteiger partial charge in [-0.15, -0.1) is 0 Å². The van der Waals surface area contributed by atoms with Gasteiger partial charge in [-0.3, -0.25) is 67.3 Å². The predicted octanol–water partition coefficient (Wildman–Crippen LogP) is -0.861. The number of rotatable bonds is 46. The third-order valence-corrected chi connectivity index (χ3v) is 18.0. The second-order valence-electron chi connectivity index (χ2n) is 30.1. The maximum absolute atomic E-state index is 14.5. The van der Waals surface area contributed by atoms with Crippen molar-refractivity contribution in [3.05, 3.63) is 108 Å². The molecule has 1 aliphatic heterocycles. The van der Waals surface area contributed by atoms with Crippen LogP contribution in [0.4, 0.5) is 0 Å². The average molecular weight is 1520 g/mol. The third-order valence-electron chi connectivity index (χ3n) is 18.0. The third kappa shape index (κ3) is 32.3. The van der Waals surface area contributed by atoms with E-state index < -0.39 is 169 Å². The molecule has 3 aromatic carbocycles. The Morgan fingerprint density at radius 1 is 0.404 bits per heavy atom. The van der Waals surface area contributed by atoms with Gasteiger partial charge in [0, 0.05) is 25.9 Å². The zero-order valence-corrected chi connectivity index (χ0v) is 64.8. The minimum absolute atomic E-state index is 0.00878. The zero-order chi connectivity index (χ0) is 81.2. The number of carbonyl (C=O) groups excluding carboxylic acids is 13. The number of amides is 13. The minimum Gasteiger partial charge on any atom is -0.394 e. The first-order valence-corrected chi connectivity index (χ1v) is 37.6. The van der Waals surface area contributed by atoms with Gasteiger partial charge in [-0.05, 0) is 117 Å². The van der Waals surface area contributed by atoms with Crippen molar-refractivity contribution < 1.29 is 72.5 Å². The number of guanidine groups is 1. The van der Waals surface area contributed by atoms with Crippen LogP contribution in [0.5, 0.6) is 0 Å². The van der Waals surface area contributed by atoms with Crippen LogP contribution in [0.2, 0.25) is 0 Å². The van der Waals surface area contributed by atoms with E-state index in [1.54, 1.807) is 102 Å². The van der Waals surface area contributed by atoms with Gasteiger partial charge < -0.3 is 96.5 Å². The lowest BCUT2D eigenvalue weighted by Crippen LogP contribution is -2.61. The van der Waals surface area contributed by atoms with Gasteiger partial charge in [0.1, 0.15) is 72.5 Å². The van der Waals surface area contributed by atoms with E-state index in [2.05, 4.69) is 63.5 Å². The number of aliphatic hydroxyl groups excluding tert-OH is 2. The summed E-state index contributed by atoms with van der Waals surface area (Å²) in [6.07, 6.45) is 1.30. The summed E-state index contributed by atoms with van der Waals surface area (Å²) in [6, 6.07) is 9.32. The van der Waals surface area contributed by atoms with Crippen molar-refractivity contribution in [2.24, 2.45) is 57.5 Å². The van der Waals surface area contributed by atoms with Gasteiger partial charge >= 0.3 is 0 Å². The number of aliphatic imine (C=N–C) groups is 1. The monoisotopic (exact) mass is 1520 g/mol. The number of nitrogens with one attached hydrogen (secondary N) is 11. The Kier molecular flexibility index (Phi) is 38.8. The number of likely N-dealkylation sites (tertiary alicyclic amines) is 1. The van der Waals surface area contributed by atoms with Gasteiger partial charge in [0.2, 0.25) is 76.8 Å². The van der Waals surface area contributed by atoms with E-state index in [4.69, 9.17) is 22.9 Å². The molecule has 1 saturated heterocycles. The minimum atomic E-state index is -1.77. The molecule has 21 N–H and O–H groups in total. The van der Waals surface area contributed by atoms with Crippen LogP contribution in [0.15, 0.2) is 96.0 Å². The Bertz CT molecular complexity index is 3510. The second kappa shape index (κ2) is 46.3. The highest BCUT2D eigenvalue weighted by atomic mass is 16.3. The summed E-state index contributed by atoms with van der Waals surface area (Å²) in [6.45, 7) is 17.7. The fourth-order valence-corrected chi connectivity index (χ4v) is 12.4. The van der Waals surface area contributed by atoms with Crippen molar-refractivity contribution in [1.82, 2.24) is 63.4 Å². The van der Waals surface area contributed by atoms with Crippen LogP contribution in [0.1, 0.15) is 151 Å². The van der Waals surface area contributed by atoms with Crippen LogP contribution in [-0.4, -0.2) is 203 Å². The molecule has 0 saturated carbocycles. The number of nitrogens with two attached hydrogens (primary N) is 4. The molecule has 1 heterocycles. The number of carbonyl (C=O) groups is 13. The highest BCUT2D eigenvalue weighted by Gasteiger charge is 2.41. The molecule has 0 radical (unpaired) electrons. The lowest BCUT2D eigenvalue weighted by molar-refractivity contribution is -0.142. The first kappa shape index (κ1) is 91.3. The molecule has 13 atom stereocenters. The van der Waals surface area contributed by atoms with Gasteiger partial charge in [0.05, 0.1) is 19.3 Å². The molecule has 4 rings (SSSR count). The van der Waals surface area contributed by atoms with Crippen LogP contribution in [0.25, 0.3) is 0 Å². The van der Waals surface area contributed by atoms with Gasteiger partial charge in [0.15, 0.2) is 5.96 Å². The lowest BCUT2D eigenvalue weighted by atomic mass is 9.99. The largest absolute Gasteiger partial charge is 0.394 e. The smallest absolute Gasteiger partial charge is 0.245 e. The Morgan fingerprint density at radius 3 is 1.16 bits per heavy atom. The molecule has 1 fully saturated rings. The topological polar surface area (TPSA) is 514 Å². The number of primary amides is 1. The molecule has 3 aromatic rings. The lowest BCUT2D eigenvalue weighted by Gasteiger charge is -2.31. The number of hydrogen-bond donors (Lipinski definition) is 17. The molecular weight excluding hydrogens is 1400 g/mol. The summed E-state index contributed by atoms with van der Waals surface area (Å²) in [5, 5.41) is 50.2. The van der Waals surface area contributed by atoms with Gasteiger partial charge in [0.25, 0.3) is 0 Å². The van der Waals surface area contributed by atoms with Crippen LogP contribution in [0, 0.1) is 29.6 Å². The highest BCUT2D eigenvalue weighted by Crippen LogP contribution is 2.23. The highest BCUT2D eigenvalue weighted by molar-refractivity contribution is 6.00. The van der Waals surface area contributed by atoms with Crippen molar-refractivity contribution >= 4 is 82.8 Å². The molecule has 13 amide bonds. The Labute approximate surface area is 639 Å². The molecule has 0 bridgehead atoms. The Morgan fingerprint density at radius 2 is 0.734 bits per heavy atom. The summed E-state index contributed by atoms with van der Waals surface area (Å²) in [5.41, 5.74) is 25.2. The predicted molar refractivity (Wildman–Crippen MR) is 411 cm³/mol. The standard InChI is InChI=1S/C77H119N17O15/c1-43(2)33-55(87-71(104)58(36-46(7)8)90-75(108)63-30-22-32-94(63)76(109)60(37-47(9)10)91-66(99)52(78)38-49-23-15-12-16-24-49)68(101)83-48(11)65(98)92-61(41-95)74(107)88-57(35-45(5)6)70(103)89-59(40-51-27-19-14-20-28-51)72(105)93-62(42-96)73(106)84-53(29-21-31-82-77(80)81)67(100)86-56(34-44(3)4)69(102)85-54(64(79)97)39-50-25-17-13-18-26-50/h12-20,23-28,43-48,52-63,95-96H,21-22,29-42,78H2,1-11H3,(H2,79,97)(H,83,101)(H,84,106)(H,85,102)(H,86,100)(H,87,104)(H,88,107)(H,89,103)(H,90,108)(H,91,99)(H,92,98)(H,93,105)(H4,80,81,82)/t48-,52-,53-,54-,55-,56-,57-,58-,59-,60-,61-,62-,63-/m0/s1. The second-order valence-corrected chi connectivity index (χ2v) is 30.1. The van der Waals surface area contributed by atoms with E-state index in [0.717, 1.165) is 5.56 Å². The average Bonchev–Trinajstić information content (AvgIpc) is 1.75. The van der Waals surface area contributed by atoms with E-state index in [0.29, 0.717) is 17.5 Å². The van der Waals surface area contributed by atoms with Crippen molar-refractivity contribution in [1.29, 1.82) is 0 Å². The summed E-state index contributed by atoms with van der Waals surface area (Å²) in [7, 11) is 0. The number of nitrogens with zero attached hydrogens (tertiary/aromatic N) is 2. The fourth-order valence-electron chi connectivity index (χ4n) is 12.4. The quantitative estimate of drug-likeness (QED) is 0.0186. The van der Waals surface area contributed by atoms with Crippen LogP contribution < -0.4 is 81.4 Å². The first-order chi connectivity index (χ1) is 51.5. The van der Waals surface area contributed by atoms with Crippen molar-refractivity contribution in [2.45, 2.75) is 232 Å². The van der Waals surface area contributed by atoms with Crippen LogP contribution in [0.3, 0.4) is 0 Å². The maximum Gasteiger partial charge on any atom is 0.245 e. The molecule has 32 nitrogen and oxygen atoms in total. The van der Waals surface area contributed by atoms with Crippen LogP contribution in [-0.2, 0) is 81.6 Å². The number of aliphatic hydroxyl groups is 2. The van der Waals surface area contributed by atoms with E-state index in [9.17, 15) is 72.5 Å². The summed E-state index contributed by atoms with van der Waals surface area (Å²) in [4.78, 5) is 188. The SMILES string of the molecule is CC(C)C[C@H](NC(=O)[C@H](CC(C)C)NC(=O)[C@@H]1CCCN1C(=O)[C@H](CC(C)C)NC(=O)[C@@H](N)Cc1ccccc1)C(=O)N[C@@H](C)C(=O)N[C@@H](CO)C(=O)N[C@@H](CC(C)C)C(=O)N[C@@H](Cc1ccccc1)C(=O)N[C@@H](CO)C(=O)N[C@@H](CCCN=C(N)N)C(=O)N[C@@H](CC(C)C)C(=O)N[C@@H](Cc1ccccc1)C(N)=O. The molecule has 0 aliphatic carbocycles. The van der Waals surface area contributed by atoms with Crippen molar-refractivity contribution in [3.63, 3.8) is 0 Å². The molecule has 602 valence electrons. The van der Waals surface area contributed by atoms with E-state index in [-0.39, 0.29) is 119 Å². The first-order valence-electron chi connectivity index (χ1n) is 37.6. The zero-order valence-electron chi connectivity index (χ0n) is 64.8. The Hall–Kier alpha value is -10.1. The van der Waals surface area contributed by atoms with E-state index >= 15 is 0 Å². The summed E-state index contributed by atoms with van der Waals surface area (Å²) >= 11 is 0. The normalized spacial score (nSPS) is 16.1. The molecule has 32 heteroatoms. The molecule has 1 aliphatic rings. The van der Waals surface area contributed by atoms with Gasteiger partial charge in [-0.2, -0.15) is 0 Å². The fraction of sp³-hybridized carbons (Fsp3) is 0.584. The Balaban J connectivity index is 1.48. The molecule has 0 spiro atoms. The van der Waals surface area contributed by atoms with Gasteiger partial charge in [-0.1, -0.05) is 160 Å². The molecule has 109 heavy (non-hydrogen) atoms. The maximum atomic E-state index is 14.5. The van der Waals surface area contributed by atoms with Crippen molar-refractivity contribution in [2.75, 3.05) is 26.3 Å². The van der Waals surface area contributed by atoms with Gasteiger partial charge in [-0.25, -0.2) is 0 Å². The number of hydrogen-bond acceptors (Lipinski definition) is 17. The van der Waals surface area contributed by atoms with E-state index in [1.807, 2.05) is 58.0 Å². The number of benzene rings is 3. The van der Waals surface area contributed by atoms with E-state index in [1.165, 1.54) is 11.8 Å². The molecule has 0 aromatic heterocycles.